The Labute approximate surface area is 147 Å². The molecule has 2 rings (SSSR count). The van der Waals surface area contributed by atoms with E-state index in [1.165, 1.54) is 12.1 Å². The second kappa shape index (κ2) is 9.36. The molecule has 0 aromatic heterocycles. The first kappa shape index (κ1) is 19.2. The predicted molar refractivity (Wildman–Crippen MR) is 92.8 cm³/mol. The SMILES string of the molecule is CCN(CCOc1ccc(F)cc1)C(=O)C[C@H]1C(=O)NCCN1CC. The van der Waals surface area contributed by atoms with Crippen LogP contribution in [0.4, 0.5) is 4.39 Å². The van der Waals surface area contributed by atoms with Gasteiger partial charge in [-0.05, 0) is 37.7 Å². The summed E-state index contributed by atoms with van der Waals surface area (Å²) in [5.74, 6) is 0.100. The first-order chi connectivity index (χ1) is 12.0. The minimum atomic E-state index is -0.404. The van der Waals surface area contributed by atoms with E-state index in [4.69, 9.17) is 4.74 Å². The van der Waals surface area contributed by atoms with Crippen molar-refractivity contribution in [3.63, 3.8) is 0 Å². The van der Waals surface area contributed by atoms with Crippen LogP contribution in [0.3, 0.4) is 0 Å². The summed E-state index contributed by atoms with van der Waals surface area (Å²) in [5, 5.41) is 2.82. The standard InChI is InChI=1S/C18H26FN3O3/c1-3-21-10-9-20-18(24)16(21)13-17(23)22(4-2)11-12-25-15-7-5-14(19)6-8-15/h5-8,16H,3-4,9-13H2,1-2H3,(H,20,24)/t16-/m0/s1. The summed E-state index contributed by atoms with van der Waals surface area (Å²) in [6.45, 7) is 7.31. The van der Waals surface area contributed by atoms with Crippen molar-refractivity contribution in [1.82, 2.24) is 15.1 Å². The Morgan fingerprint density at radius 2 is 2.08 bits per heavy atom. The Hall–Kier alpha value is -2.15. The fourth-order valence-electron chi connectivity index (χ4n) is 2.92. The van der Waals surface area contributed by atoms with E-state index < -0.39 is 6.04 Å². The van der Waals surface area contributed by atoms with Crippen molar-refractivity contribution < 1.29 is 18.7 Å². The topological polar surface area (TPSA) is 61.9 Å². The molecule has 1 N–H and O–H groups in total. The maximum Gasteiger partial charge on any atom is 0.237 e. The zero-order valence-electron chi connectivity index (χ0n) is 14.8. The number of ether oxygens (including phenoxy) is 1. The van der Waals surface area contributed by atoms with E-state index in [0.29, 0.717) is 32.0 Å². The van der Waals surface area contributed by atoms with Crippen LogP contribution in [0.1, 0.15) is 20.3 Å². The van der Waals surface area contributed by atoms with Crippen LogP contribution in [-0.2, 0) is 9.59 Å². The number of carbonyl (C=O) groups is 2. The molecule has 1 aliphatic heterocycles. The van der Waals surface area contributed by atoms with Gasteiger partial charge in [-0.25, -0.2) is 4.39 Å². The zero-order chi connectivity index (χ0) is 18.2. The van der Waals surface area contributed by atoms with Crippen LogP contribution >= 0.6 is 0 Å². The molecule has 138 valence electrons. The van der Waals surface area contributed by atoms with Crippen LogP contribution in [0, 0.1) is 5.82 Å². The van der Waals surface area contributed by atoms with E-state index in [9.17, 15) is 14.0 Å². The molecule has 7 heteroatoms. The first-order valence-corrected chi connectivity index (χ1v) is 8.73. The van der Waals surface area contributed by atoms with E-state index in [-0.39, 0.29) is 24.1 Å². The first-order valence-electron chi connectivity index (χ1n) is 8.73. The lowest BCUT2D eigenvalue weighted by Crippen LogP contribution is -2.56. The quantitative estimate of drug-likeness (QED) is 0.766. The van der Waals surface area contributed by atoms with Gasteiger partial charge in [0.25, 0.3) is 0 Å². The smallest absolute Gasteiger partial charge is 0.237 e. The number of carbonyl (C=O) groups excluding carboxylic acids is 2. The number of nitrogens with one attached hydrogen (secondary N) is 1. The largest absolute Gasteiger partial charge is 0.492 e. The van der Waals surface area contributed by atoms with E-state index in [1.807, 2.05) is 18.7 Å². The normalized spacial score (nSPS) is 17.9. The molecule has 1 aliphatic rings. The number of hydrogen-bond acceptors (Lipinski definition) is 4. The van der Waals surface area contributed by atoms with E-state index >= 15 is 0 Å². The minimum absolute atomic E-state index is 0.0642. The molecule has 1 fully saturated rings. The molecule has 0 saturated carbocycles. The van der Waals surface area contributed by atoms with Crippen molar-refractivity contribution in [3.8, 4) is 5.75 Å². The van der Waals surface area contributed by atoms with Crippen LogP contribution in [0.2, 0.25) is 0 Å². The second-order valence-electron chi connectivity index (χ2n) is 5.92. The third-order valence-electron chi connectivity index (χ3n) is 4.39. The number of nitrogens with zero attached hydrogens (tertiary/aromatic N) is 2. The Bertz CT molecular complexity index is 579. The van der Waals surface area contributed by atoms with Crippen molar-refractivity contribution in [3.05, 3.63) is 30.1 Å². The second-order valence-corrected chi connectivity index (χ2v) is 5.92. The maximum absolute atomic E-state index is 12.9. The molecule has 1 heterocycles. The van der Waals surface area contributed by atoms with Crippen LogP contribution in [-0.4, -0.2) is 67.0 Å². The molecule has 1 saturated heterocycles. The molecule has 1 aromatic carbocycles. The molecule has 0 unspecified atom stereocenters. The fourth-order valence-corrected chi connectivity index (χ4v) is 2.92. The van der Waals surface area contributed by atoms with Gasteiger partial charge in [-0.2, -0.15) is 0 Å². The summed E-state index contributed by atoms with van der Waals surface area (Å²) in [6, 6.07) is 5.37. The molecule has 0 aliphatic carbocycles. The molecule has 0 spiro atoms. The minimum Gasteiger partial charge on any atom is -0.492 e. The van der Waals surface area contributed by atoms with Crippen molar-refractivity contribution in [2.45, 2.75) is 26.3 Å². The Balaban J connectivity index is 1.85. The summed E-state index contributed by atoms with van der Waals surface area (Å²) in [5.41, 5.74) is 0. The molecule has 1 aromatic rings. The number of amides is 2. The van der Waals surface area contributed by atoms with Crippen molar-refractivity contribution in [2.24, 2.45) is 0 Å². The van der Waals surface area contributed by atoms with E-state index in [2.05, 4.69) is 5.32 Å². The predicted octanol–water partition coefficient (Wildman–Crippen LogP) is 1.26. The average Bonchev–Trinajstić information content (AvgIpc) is 2.62. The number of hydrogen-bond donors (Lipinski definition) is 1. The molecule has 0 radical (unpaired) electrons. The fraction of sp³-hybridized carbons (Fsp3) is 0.556. The molecular weight excluding hydrogens is 325 g/mol. The van der Waals surface area contributed by atoms with Crippen LogP contribution in [0.25, 0.3) is 0 Å². The molecule has 1 atom stereocenters. The highest BCUT2D eigenvalue weighted by atomic mass is 19.1. The van der Waals surface area contributed by atoms with Gasteiger partial charge in [0, 0.05) is 19.6 Å². The number of likely N-dealkylation sites (N-methyl/N-ethyl adjacent to an activating group) is 2. The van der Waals surface area contributed by atoms with Crippen molar-refractivity contribution >= 4 is 11.8 Å². The van der Waals surface area contributed by atoms with E-state index in [1.54, 1.807) is 17.0 Å². The van der Waals surface area contributed by atoms with Gasteiger partial charge in [0.2, 0.25) is 11.8 Å². The average molecular weight is 351 g/mol. The lowest BCUT2D eigenvalue weighted by molar-refractivity contribution is -0.138. The van der Waals surface area contributed by atoms with Crippen LogP contribution in [0.15, 0.2) is 24.3 Å². The molecular formula is C18H26FN3O3. The summed E-state index contributed by atoms with van der Waals surface area (Å²) in [4.78, 5) is 28.3. The molecule has 0 bridgehead atoms. The highest BCUT2D eigenvalue weighted by Gasteiger charge is 2.31. The maximum atomic E-state index is 12.9. The lowest BCUT2D eigenvalue weighted by Gasteiger charge is -2.34. The molecule has 25 heavy (non-hydrogen) atoms. The Morgan fingerprint density at radius 1 is 1.36 bits per heavy atom. The number of piperazine rings is 1. The highest BCUT2D eigenvalue weighted by molar-refractivity contribution is 5.88. The highest BCUT2D eigenvalue weighted by Crippen LogP contribution is 2.12. The van der Waals surface area contributed by atoms with Gasteiger partial charge in [-0.3, -0.25) is 14.5 Å². The summed E-state index contributed by atoms with van der Waals surface area (Å²) < 4.78 is 18.4. The summed E-state index contributed by atoms with van der Waals surface area (Å²) >= 11 is 0. The van der Waals surface area contributed by atoms with Crippen LogP contribution < -0.4 is 10.1 Å². The van der Waals surface area contributed by atoms with Gasteiger partial charge in [0.1, 0.15) is 18.2 Å². The van der Waals surface area contributed by atoms with Gasteiger partial charge < -0.3 is 15.0 Å². The molecule has 6 nitrogen and oxygen atoms in total. The number of benzene rings is 1. The number of rotatable bonds is 8. The third-order valence-corrected chi connectivity index (χ3v) is 4.39. The van der Waals surface area contributed by atoms with E-state index in [0.717, 1.165) is 13.1 Å². The van der Waals surface area contributed by atoms with Crippen molar-refractivity contribution in [2.75, 3.05) is 39.3 Å². The van der Waals surface area contributed by atoms with Gasteiger partial charge in [0.15, 0.2) is 0 Å². The molecule has 2 amide bonds. The van der Waals surface area contributed by atoms with Gasteiger partial charge in [0.05, 0.1) is 19.0 Å². The lowest BCUT2D eigenvalue weighted by atomic mass is 10.1. The third kappa shape index (κ3) is 5.42. The van der Waals surface area contributed by atoms with Crippen molar-refractivity contribution in [1.29, 1.82) is 0 Å². The zero-order valence-corrected chi connectivity index (χ0v) is 14.8. The summed E-state index contributed by atoms with van der Waals surface area (Å²) in [7, 11) is 0. The van der Waals surface area contributed by atoms with Gasteiger partial charge >= 0.3 is 0 Å². The van der Waals surface area contributed by atoms with Crippen LogP contribution in [0.5, 0.6) is 5.75 Å². The summed E-state index contributed by atoms with van der Waals surface area (Å²) in [6.07, 6.45) is 0.171. The Morgan fingerprint density at radius 3 is 2.72 bits per heavy atom. The number of halogens is 1. The van der Waals surface area contributed by atoms with Gasteiger partial charge in [-0.1, -0.05) is 6.92 Å². The van der Waals surface area contributed by atoms with Gasteiger partial charge in [-0.15, -0.1) is 0 Å². The Kier molecular flexibility index (Phi) is 7.18. The monoisotopic (exact) mass is 351 g/mol.